The largest absolute Gasteiger partial charge is 0.466 e. The molecule has 0 aromatic carbocycles. The van der Waals surface area contributed by atoms with E-state index in [0.29, 0.717) is 31.0 Å². The van der Waals surface area contributed by atoms with Crippen molar-refractivity contribution in [2.45, 2.75) is 342 Å². The highest BCUT2D eigenvalue weighted by Crippen LogP contribution is 2.48. The first-order valence-electron chi connectivity index (χ1n) is 36.7. The average Bonchev–Trinajstić information content (AvgIpc) is 0.770. The maximum absolute atomic E-state index is 11.2. The van der Waals surface area contributed by atoms with Crippen molar-refractivity contribution in [2.75, 3.05) is 19.8 Å². The zero-order chi connectivity index (χ0) is 76.0. The second-order valence-electron chi connectivity index (χ2n) is 30.1. The number of esters is 3. The molecule has 17 nitrogen and oxygen atoms in total. The molecule has 0 radical (unpaired) electrons. The number of hydrogen-bond donors (Lipinski definition) is 4. The average molecular weight is 1380 g/mol. The molecule has 0 amide bonds. The van der Waals surface area contributed by atoms with Crippen LogP contribution < -0.4 is 0 Å². The van der Waals surface area contributed by atoms with Gasteiger partial charge < -0.3 is 39.4 Å². The topological polar surface area (TPSA) is 279 Å². The normalized spacial score (nSPS) is 21.0. The van der Waals surface area contributed by atoms with Crippen LogP contribution in [0.25, 0.3) is 0 Å². The Hall–Kier alpha value is -5.36. The third-order valence-electron chi connectivity index (χ3n) is 19.1. The van der Waals surface area contributed by atoms with Gasteiger partial charge in [0.1, 0.15) is 11.9 Å². The number of hydrogen-bond acceptors (Lipinski definition) is 17. The molecule has 6 aliphatic rings. The van der Waals surface area contributed by atoms with Gasteiger partial charge in [-0.15, -0.1) is 0 Å². The second-order valence-corrected chi connectivity index (χ2v) is 30.1. The molecule has 4 saturated carbocycles. The van der Waals surface area contributed by atoms with Gasteiger partial charge in [0.2, 0.25) is 0 Å². The molecule has 0 saturated heterocycles. The van der Waals surface area contributed by atoms with Gasteiger partial charge in [0.25, 0.3) is 0 Å². The molecule has 0 spiro atoms. The van der Waals surface area contributed by atoms with Crippen LogP contribution >= 0.6 is 0 Å². The van der Waals surface area contributed by atoms with E-state index in [1.807, 2.05) is 40.7 Å². The molecule has 98 heavy (non-hydrogen) atoms. The number of aliphatic hydroxyl groups excluding tert-OH is 2. The van der Waals surface area contributed by atoms with E-state index in [1.54, 1.807) is 64.5 Å². The van der Waals surface area contributed by atoms with Crippen molar-refractivity contribution in [1.29, 1.82) is 0 Å². The highest BCUT2D eigenvalue weighted by molar-refractivity contribution is 5.88. The first-order chi connectivity index (χ1) is 45.6. The van der Waals surface area contributed by atoms with Gasteiger partial charge in [0.05, 0.1) is 37.4 Å². The zero-order valence-electron chi connectivity index (χ0n) is 65.2. The van der Waals surface area contributed by atoms with E-state index in [2.05, 4.69) is 62.3 Å². The van der Waals surface area contributed by atoms with Crippen LogP contribution in [0.1, 0.15) is 319 Å². The Kier molecular flexibility index (Phi) is 51.1. The summed E-state index contributed by atoms with van der Waals surface area (Å²) in [4.78, 5) is 101. The summed E-state index contributed by atoms with van der Waals surface area (Å²) in [5.41, 5.74) is 7.02. The van der Waals surface area contributed by atoms with Crippen molar-refractivity contribution in [3.63, 3.8) is 0 Å². The second kappa shape index (κ2) is 51.7. The Bertz CT molecular complexity index is 2570. The fourth-order valence-corrected chi connectivity index (χ4v) is 13.4. The standard InChI is InChI=1S/C13H22O2.C13H22O.C13H20O.2C10H18O3.C10H16O2.C6H12O2.C6H10O.O2/c1-10-6-5-8-12(3,4)13(10,15)9-7-11(2)14;2*1-10-6-5-9-13(3,4)12(10)8-7-11(2)14;1-2-13-9(11)8-10(12)6-4-3-5-7-10;1-2-13-10(12)9(11)8-6-4-3-5-7-8;1-2-12-10(11)8-9-6-4-3-5-7-9;1-4(2)6(8)5(3)7;1-5(2)4-6(3)7;1-2/h7,9-10,15H,5-6,8H2,1-4H3;5-9H2,1-4H3;7-8H,5-6,9H2,1-4H3;12H,2-8H2,1H3;8-9,11H,2-7H2,1H3;8H,2-7H2,1H3;4,6,8H,1-3H3;4H,1-3H3;/b9-7+;;8-7+;;;;;;/t10-,13+;;;;;;;;/m0......../s1. The summed E-state index contributed by atoms with van der Waals surface area (Å²) in [5, 5.41) is 39.1. The molecule has 4 atom stereocenters. The Morgan fingerprint density at radius 1 is 0.571 bits per heavy atom. The number of carbonyl (C=O) groups excluding carboxylic acids is 8. The summed E-state index contributed by atoms with van der Waals surface area (Å²) in [6.07, 6.45) is 37.1. The quantitative estimate of drug-likeness (QED) is 0.0429. The summed E-state index contributed by atoms with van der Waals surface area (Å²) in [6.45, 7) is 41.5. The highest BCUT2D eigenvalue weighted by Gasteiger charge is 2.48. The molecule has 4 N–H and O–H groups in total. The first-order valence-corrected chi connectivity index (χ1v) is 36.7. The van der Waals surface area contributed by atoms with Crippen molar-refractivity contribution in [1.82, 2.24) is 0 Å². The van der Waals surface area contributed by atoms with Crippen LogP contribution in [-0.2, 0) is 52.6 Å². The molecule has 0 aromatic heterocycles. The maximum atomic E-state index is 11.2. The number of aliphatic hydroxyl groups is 4. The predicted octanol–water partition coefficient (Wildman–Crippen LogP) is 18.0. The predicted molar refractivity (Wildman–Crippen MR) is 397 cm³/mol. The van der Waals surface area contributed by atoms with E-state index in [-0.39, 0.29) is 70.1 Å². The number of rotatable bonds is 18. The Morgan fingerprint density at radius 2 is 1.07 bits per heavy atom. The van der Waals surface area contributed by atoms with Crippen LogP contribution in [0.15, 0.2) is 69.9 Å². The Balaban J connectivity index is -0.00000106. The fourth-order valence-electron chi connectivity index (χ4n) is 13.4. The lowest BCUT2D eigenvalue weighted by molar-refractivity contribution is -0.156. The molecule has 4 fully saturated rings. The van der Waals surface area contributed by atoms with Crippen LogP contribution in [0.2, 0.25) is 0 Å². The van der Waals surface area contributed by atoms with E-state index in [9.17, 15) is 53.7 Å². The van der Waals surface area contributed by atoms with Crippen LogP contribution in [0.4, 0.5) is 0 Å². The van der Waals surface area contributed by atoms with Crippen molar-refractivity contribution in [2.24, 2.45) is 34.0 Å². The van der Waals surface area contributed by atoms with Gasteiger partial charge in [-0.2, -0.15) is 0 Å². The van der Waals surface area contributed by atoms with Crippen LogP contribution in [0, 0.1) is 43.9 Å². The maximum Gasteiger partial charge on any atom is 0.335 e. The summed E-state index contributed by atoms with van der Waals surface area (Å²) in [5.74, 6) is -0.0804. The molecular weight excluding hydrogens is 1240 g/mol. The fraction of sp³-hybridized carbons (Fsp3) is 0.753. The van der Waals surface area contributed by atoms with Gasteiger partial charge in [-0.05, 0) is 256 Å². The molecular formula is C81H138O17. The van der Waals surface area contributed by atoms with Gasteiger partial charge >= 0.3 is 17.9 Å². The third kappa shape index (κ3) is 42.7. The molecule has 6 aliphatic carbocycles. The van der Waals surface area contributed by atoms with Gasteiger partial charge in [0, 0.05) is 22.4 Å². The molecule has 0 aliphatic heterocycles. The number of ketones is 5. The summed E-state index contributed by atoms with van der Waals surface area (Å²) in [6, 6.07) is 0. The Labute approximate surface area is 593 Å². The number of Topliss-reactive ketones (excluding diaryl/α,β-unsaturated/α-hetero) is 2. The minimum Gasteiger partial charge on any atom is -0.466 e. The lowest BCUT2D eigenvalue weighted by Gasteiger charge is -2.49. The van der Waals surface area contributed by atoms with E-state index in [0.717, 1.165) is 102 Å². The highest BCUT2D eigenvalue weighted by atomic mass is 16.7. The van der Waals surface area contributed by atoms with E-state index >= 15 is 0 Å². The SMILES string of the molecule is CC(=O)/C=C/C1=C(C)CCCC1(C)C.CC(=O)/C=C/[C@@]1(O)[C@@H](C)CCCC1(C)C.CC(=O)C(O)C(C)C.CC(=O)C=C(C)C.CC(=O)CCC1=C(C)CCCC1(C)C.CCOC(=O)C(O)C1CCCCC1.CCOC(=O)C=C1CCCCC1.CCOC(=O)CC1(O)CCCCC1.O=O. The molecule has 6 rings (SSSR count). The summed E-state index contributed by atoms with van der Waals surface area (Å²) in [7, 11) is 0. The van der Waals surface area contributed by atoms with Crippen LogP contribution in [0.3, 0.4) is 0 Å². The van der Waals surface area contributed by atoms with Gasteiger partial charge in [-0.1, -0.05) is 148 Å². The van der Waals surface area contributed by atoms with Crippen LogP contribution in [-0.4, -0.2) is 110 Å². The molecule has 0 aromatic rings. The minimum atomic E-state index is -0.889. The van der Waals surface area contributed by atoms with Crippen molar-refractivity contribution in [3.8, 4) is 0 Å². The monoisotopic (exact) mass is 1380 g/mol. The molecule has 0 bridgehead atoms. The summed E-state index contributed by atoms with van der Waals surface area (Å²) >= 11 is 0. The molecule has 17 heteroatoms. The van der Waals surface area contributed by atoms with Crippen molar-refractivity contribution >= 4 is 46.8 Å². The van der Waals surface area contributed by atoms with E-state index in [4.69, 9.17) is 29.2 Å². The smallest absolute Gasteiger partial charge is 0.335 e. The van der Waals surface area contributed by atoms with Crippen LogP contribution in [0.5, 0.6) is 0 Å². The molecule has 2 unspecified atom stereocenters. The summed E-state index contributed by atoms with van der Waals surface area (Å²) < 4.78 is 14.4. The van der Waals surface area contributed by atoms with Gasteiger partial charge in [-0.3, -0.25) is 24.0 Å². The molecule has 0 heterocycles. The first kappa shape index (κ1) is 96.8. The van der Waals surface area contributed by atoms with Gasteiger partial charge in [0.15, 0.2) is 29.2 Å². The minimum absolute atomic E-state index is 0.00278. The zero-order valence-corrected chi connectivity index (χ0v) is 65.2. The van der Waals surface area contributed by atoms with E-state index in [1.165, 1.54) is 113 Å². The lowest BCUT2D eigenvalue weighted by atomic mass is 9.60. The number of ether oxygens (including phenoxy) is 3. The van der Waals surface area contributed by atoms with Gasteiger partial charge in [-0.25, -0.2) is 9.59 Å². The number of allylic oxidation sites excluding steroid dienone is 10. The Morgan fingerprint density at radius 3 is 1.49 bits per heavy atom. The number of carbonyl (C=O) groups is 8. The van der Waals surface area contributed by atoms with E-state index < -0.39 is 29.4 Å². The molecule has 564 valence electrons. The van der Waals surface area contributed by atoms with Crippen molar-refractivity contribution < 1.29 is 73.0 Å². The lowest BCUT2D eigenvalue weighted by Crippen LogP contribution is -2.51. The third-order valence-corrected chi connectivity index (χ3v) is 19.1. The van der Waals surface area contributed by atoms with Crippen molar-refractivity contribution in [3.05, 3.63) is 79.8 Å².